The molecule has 94 valence electrons. The molecule has 2 aliphatic heterocycles. The van der Waals surface area contributed by atoms with Crippen molar-refractivity contribution < 1.29 is 19.0 Å². The number of ether oxygens (including phenoxy) is 3. The van der Waals surface area contributed by atoms with E-state index >= 15 is 0 Å². The summed E-state index contributed by atoms with van der Waals surface area (Å²) in [4.78, 5) is 12.1. The van der Waals surface area contributed by atoms with Crippen molar-refractivity contribution >= 4 is 5.97 Å². The standard InChI is InChI=1S/C13H18O4/c14-13(7-4-5-8-11(6-7)15-8)17-10-3-1-2-9-12(10)16-9/h7-12H,1-6H2. The number of hydrogen-bond acceptors (Lipinski definition) is 4. The van der Waals surface area contributed by atoms with Gasteiger partial charge in [-0.15, -0.1) is 0 Å². The average Bonchev–Trinajstić information content (AvgIpc) is 3.22. The molecule has 17 heavy (non-hydrogen) atoms. The second-order valence-corrected chi connectivity index (χ2v) is 5.77. The molecule has 0 amide bonds. The van der Waals surface area contributed by atoms with E-state index < -0.39 is 0 Å². The molecular formula is C13H18O4. The summed E-state index contributed by atoms with van der Waals surface area (Å²) in [5.74, 6) is 0.0537. The van der Waals surface area contributed by atoms with E-state index in [0.29, 0.717) is 18.3 Å². The summed E-state index contributed by atoms with van der Waals surface area (Å²) in [7, 11) is 0. The highest BCUT2D eigenvalue weighted by atomic mass is 16.6. The molecule has 2 saturated heterocycles. The molecule has 4 aliphatic rings. The Morgan fingerprint density at radius 3 is 2.82 bits per heavy atom. The van der Waals surface area contributed by atoms with Crippen molar-refractivity contribution in [2.24, 2.45) is 5.92 Å². The Morgan fingerprint density at radius 2 is 1.94 bits per heavy atom. The Hall–Kier alpha value is -0.610. The third-order valence-corrected chi connectivity index (χ3v) is 4.57. The zero-order chi connectivity index (χ0) is 11.4. The number of carbonyl (C=O) groups excluding carboxylic acids is 1. The number of hydrogen-bond donors (Lipinski definition) is 0. The van der Waals surface area contributed by atoms with Gasteiger partial charge in [-0.3, -0.25) is 4.79 Å². The van der Waals surface area contributed by atoms with Gasteiger partial charge in [-0.05, 0) is 38.5 Å². The molecule has 0 bridgehead atoms. The maximum atomic E-state index is 12.1. The normalized spacial score (nSPS) is 51.1. The molecule has 0 spiro atoms. The lowest BCUT2D eigenvalue weighted by Gasteiger charge is -2.23. The molecule has 4 rings (SSSR count). The van der Waals surface area contributed by atoms with E-state index in [1.165, 1.54) is 0 Å². The van der Waals surface area contributed by atoms with E-state index in [2.05, 4.69) is 0 Å². The highest BCUT2D eigenvalue weighted by Gasteiger charge is 2.51. The molecule has 6 atom stereocenters. The van der Waals surface area contributed by atoms with Crippen LogP contribution < -0.4 is 0 Å². The lowest BCUT2D eigenvalue weighted by Crippen LogP contribution is -2.32. The van der Waals surface area contributed by atoms with Crippen LogP contribution in [0.2, 0.25) is 0 Å². The molecule has 2 heterocycles. The van der Waals surface area contributed by atoms with E-state index in [0.717, 1.165) is 38.5 Å². The van der Waals surface area contributed by atoms with Gasteiger partial charge in [0, 0.05) is 0 Å². The third kappa shape index (κ3) is 1.87. The molecule has 2 saturated carbocycles. The Morgan fingerprint density at radius 1 is 1.00 bits per heavy atom. The number of rotatable bonds is 2. The molecule has 4 fully saturated rings. The molecule has 2 aliphatic carbocycles. The Bertz CT molecular complexity index is 342. The quantitative estimate of drug-likeness (QED) is 0.539. The third-order valence-electron chi connectivity index (χ3n) is 4.57. The summed E-state index contributed by atoms with van der Waals surface area (Å²) in [5, 5.41) is 0. The number of epoxide rings is 2. The van der Waals surface area contributed by atoms with Crippen molar-refractivity contribution in [1.82, 2.24) is 0 Å². The fourth-order valence-corrected chi connectivity index (χ4v) is 3.39. The van der Waals surface area contributed by atoms with E-state index in [4.69, 9.17) is 14.2 Å². The summed E-state index contributed by atoms with van der Waals surface area (Å²) in [6.45, 7) is 0. The fourth-order valence-electron chi connectivity index (χ4n) is 3.39. The van der Waals surface area contributed by atoms with Crippen LogP contribution in [0.1, 0.15) is 38.5 Å². The van der Waals surface area contributed by atoms with Gasteiger partial charge in [0.25, 0.3) is 0 Å². The minimum Gasteiger partial charge on any atom is -0.459 e. The molecule has 6 unspecified atom stereocenters. The maximum Gasteiger partial charge on any atom is 0.309 e. The Balaban J connectivity index is 1.33. The molecular weight excluding hydrogens is 220 g/mol. The van der Waals surface area contributed by atoms with Crippen LogP contribution in [0, 0.1) is 5.92 Å². The van der Waals surface area contributed by atoms with Gasteiger partial charge < -0.3 is 14.2 Å². The van der Waals surface area contributed by atoms with E-state index in [1.807, 2.05) is 0 Å². The molecule has 4 heteroatoms. The molecule has 0 aromatic rings. The molecule has 0 aromatic heterocycles. The van der Waals surface area contributed by atoms with Crippen LogP contribution in [-0.2, 0) is 19.0 Å². The highest BCUT2D eigenvalue weighted by molar-refractivity contribution is 5.73. The summed E-state index contributed by atoms with van der Waals surface area (Å²) in [5.41, 5.74) is 0. The van der Waals surface area contributed by atoms with Crippen LogP contribution in [0.3, 0.4) is 0 Å². The lowest BCUT2D eigenvalue weighted by molar-refractivity contribution is -0.156. The predicted molar refractivity (Wildman–Crippen MR) is 58.4 cm³/mol. The maximum absolute atomic E-state index is 12.1. The SMILES string of the molecule is O=C(OC1CCCC2OC12)C1CCC2OC2C1. The van der Waals surface area contributed by atoms with Crippen LogP contribution in [0.4, 0.5) is 0 Å². The minimum absolute atomic E-state index is 0.0138. The van der Waals surface area contributed by atoms with Gasteiger partial charge in [-0.1, -0.05) is 0 Å². The summed E-state index contributed by atoms with van der Waals surface area (Å²) >= 11 is 0. The van der Waals surface area contributed by atoms with Gasteiger partial charge >= 0.3 is 5.97 Å². The zero-order valence-electron chi connectivity index (χ0n) is 9.84. The summed E-state index contributed by atoms with van der Waals surface area (Å²) < 4.78 is 16.6. The van der Waals surface area contributed by atoms with Crippen molar-refractivity contribution in [3.05, 3.63) is 0 Å². The van der Waals surface area contributed by atoms with Crippen LogP contribution in [0.15, 0.2) is 0 Å². The first-order valence-corrected chi connectivity index (χ1v) is 6.82. The van der Waals surface area contributed by atoms with Crippen LogP contribution in [0.25, 0.3) is 0 Å². The second kappa shape index (κ2) is 3.69. The second-order valence-electron chi connectivity index (χ2n) is 5.77. The Kier molecular flexibility index (Phi) is 2.24. The number of fused-ring (bicyclic) bond motifs is 2. The number of esters is 1. The first-order valence-electron chi connectivity index (χ1n) is 6.82. The largest absolute Gasteiger partial charge is 0.459 e. The zero-order valence-corrected chi connectivity index (χ0v) is 9.84. The van der Waals surface area contributed by atoms with Crippen molar-refractivity contribution in [3.63, 3.8) is 0 Å². The van der Waals surface area contributed by atoms with Crippen LogP contribution in [0.5, 0.6) is 0 Å². The van der Waals surface area contributed by atoms with E-state index in [1.54, 1.807) is 0 Å². The minimum atomic E-state index is -0.0138. The van der Waals surface area contributed by atoms with Crippen molar-refractivity contribution in [3.8, 4) is 0 Å². The molecule has 0 aromatic carbocycles. The highest BCUT2D eigenvalue weighted by Crippen LogP contribution is 2.42. The van der Waals surface area contributed by atoms with Gasteiger partial charge in [0.2, 0.25) is 0 Å². The molecule has 0 N–H and O–H groups in total. The van der Waals surface area contributed by atoms with Gasteiger partial charge in [0.05, 0.1) is 24.2 Å². The fraction of sp³-hybridized carbons (Fsp3) is 0.923. The molecule has 0 radical (unpaired) electrons. The average molecular weight is 238 g/mol. The predicted octanol–water partition coefficient (Wildman–Crippen LogP) is 1.42. The summed E-state index contributed by atoms with van der Waals surface area (Å²) in [6.07, 6.45) is 7.47. The van der Waals surface area contributed by atoms with Gasteiger partial charge in [0.15, 0.2) is 0 Å². The smallest absolute Gasteiger partial charge is 0.309 e. The lowest BCUT2D eigenvalue weighted by atomic mass is 9.89. The van der Waals surface area contributed by atoms with Crippen molar-refractivity contribution in [1.29, 1.82) is 0 Å². The topological polar surface area (TPSA) is 51.4 Å². The van der Waals surface area contributed by atoms with Crippen LogP contribution >= 0.6 is 0 Å². The van der Waals surface area contributed by atoms with Gasteiger partial charge in [-0.25, -0.2) is 0 Å². The van der Waals surface area contributed by atoms with E-state index in [9.17, 15) is 4.79 Å². The van der Waals surface area contributed by atoms with Crippen molar-refractivity contribution in [2.75, 3.05) is 0 Å². The summed E-state index contributed by atoms with van der Waals surface area (Å²) in [6, 6.07) is 0. The number of carbonyl (C=O) groups is 1. The van der Waals surface area contributed by atoms with Gasteiger partial charge in [0.1, 0.15) is 12.2 Å². The van der Waals surface area contributed by atoms with Crippen LogP contribution in [-0.4, -0.2) is 36.5 Å². The molecule has 4 nitrogen and oxygen atoms in total. The van der Waals surface area contributed by atoms with Gasteiger partial charge in [-0.2, -0.15) is 0 Å². The Labute approximate surface area is 101 Å². The first kappa shape index (κ1) is 10.3. The first-order chi connectivity index (χ1) is 8.31. The van der Waals surface area contributed by atoms with E-state index in [-0.39, 0.29) is 24.1 Å². The van der Waals surface area contributed by atoms with Crippen molar-refractivity contribution in [2.45, 2.75) is 69.0 Å². The monoisotopic (exact) mass is 238 g/mol.